The Hall–Kier alpha value is -0.670. The van der Waals surface area contributed by atoms with Crippen molar-refractivity contribution in [2.24, 2.45) is 0 Å². The molecule has 0 aromatic heterocycles. The minimum absolute atomic E-state index is 0.0668. The van der Waals surface area contributed by atoms with E-state index in [0.717, 1.165) is 5.57 Å². The molecule has 0 radical (unpaired) electrons. The van der Waals surface area contributed by atoms with Crippen molar-refractivity contribution < 1.29 is 9.13 Å². The third-order valence-corrected chi connectivity index (χ3v) is 2.31. The monoisotopic (exact) mass is 232 g/mol. The molecule has 0 bridgehead atoms. The van der Waals surface area contributed by atoms with Gasteiger partial charge in [-0.1, -0.05) is 24.2 Å². The van der Waals surface area contributed by atoms with Gasteiger partial charge in [0.1, 0.15) is 6.61 Å². The van der Waals surface area contributed by atoms with Gasteiger partial charge in [-0.05, 0) is 17.7 Å². The van der Waals surface area contributed by atoms with Crippen LogP contribution in [0.25, 0.3) is 0 Å². The summed E-state index contributed by atoms with van der Waals surface area (Å²) in [6, 6.07) is 4.39. The molecule has 0 aliphatic carbocycles. The first-order chi connectivity index (χ1) is 6.65. The van der Waals surface area contributed by atoms with Crippen LogP contribution in [0, 0.1) is 5.82 Å². The number of benzene rings is 1. The van der Waals surface area contributed by atoms with Crippen LogP contribution in [-0.2, 0) is 0 Å². The molecule has 4 heteroatoms. The SMILES string of the molecule is C=C(CS)COc1c(F)cccc1Cl. The van der Waals surface area contributed by atoms with Gasteiger partial charge in [-0.3, -0.25) is 0 Å². The second kappa shape index (κ2) is 5.27. The maximum absolute atomic E-state index is 13.1. The summed E-state index contributed by atoms with van der Waals surface area (Å²) < 4.78 is 18.3. The average Bonchev–Trinajstić information content (AvgIpc) is 2.16. The number of ether oxygens (including phenoxy) is 1. The Morgan fingerprint density at radius 2 is 2.29 bits per heavy atom. The van der Waals surface area contributed by atoms with Crippen LogP contribution in [-0.4, -0.2) is 12.4 Å². The van der Waals surface area contributed by atoms with E-state index >= 15 is 0 Å². The minimum Gasteiger partial charge on any atom is -0.485 e. The average molecular weight is 233 g/mol. The standard InChI is InChI=1S/C10H10ClFOS/c1-7(6-14)5-13-10-8(11)3-2-4-9(10)12/h2-4,14H,1,5-6H2. The molecule has 1 rings (SSSR count). The topological polar surface area (TPSA) is 9.23 Å². The van der Waals surface area contributed by atoms with E-state index < -0.39 is 5.82 Å². The van der Waals surface area contributed by atoms with Gasteiger partial charge in [-0.25, -0.2) is 4.39 Å². The second-order valence-electron chi connectivity index (χ2n) is 2.75. The summed E-state index contributed by atoms with van der Waals surface area (Å²) >= 11 is 9.75. The number of rotatable bonds is 4. The molecule has 0 amide bonds. The van der Waals surface area contributed by atoms with Crippen LogP contribution in [0.4, 0.5) is 4.39 Å². The highest BCUT2D eigenvalue weighted by Crippen LogP contribution is 2.27. The number of thiol groups is 1. The highest BCUT2D eigenvalue weighted by Gasteiger charge is 2.07. The van der Waals surface area contributed by atoms with Crippen LogP contribution in [0.2, 0.25) is 5.02 Å². The lowest BCUT2D eigenvalue weighted by Gasteiger charge is -2.09. The number of para-hydroxylation sites is 1. The third kappa shape index (κ3) is 2.93. The summed E-state index contributed by atoms with van der Waals surface area (Å²) in [4.78, 5) is 0. The predicted molar refractivity (Wildman–Crippen MR) is 59.9 cm³/mol. The molecule has 14 heavy (non-hydrogen) atoms. The molecular formula is C10H10ClFOS. The predicted octanol–water partition coefficient (Wildman–Crippen LogP) is 3.34. The van der Waals surface area contributed by atoms with Gasteiger partial charge in [0.15, 0.2) is 11.6 Å². The van der Waals surface area contributed by atoms with Crippen LogP contribution < -0.4 is 4.74 Å². The van der Waals surface area contributed by atoms with Gasteiger partial charge in [-0.15, -0.1) is 0 Å². The fourth-order valence-electron chi connectivity index (χ4n) is 0.840. The van der Waals surface area contributed by atoms with Crippen LogP contribution in [0.1, 0.15) is 0 Å². The first-order valence-electron chi connectivity index (χ1n) is 3.99. The largest absolute Gasteiger partial charge is 0.485 e. The maximum atomic E-state index is 13.1. The second-order valence-corrected chi connectivity index (χ2v) is 3.47. The molecule has 0 saturated carbocycles. The molecule has 0 fully saturated rings. The van der Waals surface area contributed by atoms with Gasteiger partial charge < -0.3 is 4.74 Å². The number of halogens is 2. The van der Waals surface area contributed by atoms with Crippen molar-refractivity contribution in [2.75, 3.05) is 12.4 Å². The fourth-order valence-corrected chi connectivity index (χ4v) is 1.15. The van der Waals surface area contributed by atoms with Crippen LogP contribution >= 0.6 is 24.2 Å². The zero-order valence-corrected chi connectivity index (χ0v) is 9.12. The summed E-state index contributed by atoms with van der Waals surface area (Å²) in [5, 5.41) is 0.261. The van der Waals surface area contributed by atoms with Gasteiger partial charge in [0.05, 0.1) is 5.02 Å². The van der Waals surface area contributed by atoms with Gasteiger partial charge in [0, 0.05) is 5.75 Å². The Kier molecular flexibility index (Phi) is 4.29. The zero-order valence-electron chi connectivity index (χ0n) is 7.46. The normalized spacial score (nSPS) is 9.93. The highest BCUT2D eigenvalue weighted by atomic mass is 35.5. The van der Waals surface area contributed by atoms with Crippen molar-refractivity contribution in [1.29, 1.82) is 0 Å². The Morgan fingerprint density at radius 1 is 1.57 bits per heavy atom. The van der Waals surface area contributed by atoms with E-state index in [4.69, 9.17) is 16.3 Å². The Morgan fingerprint density at radius 3 is 2.86 bits per heavy atom. The van der Waals surface area contributed by atoms with Crippen molar-refractivity contribution in [2.45, 2.75) is 0 Å². The molecule has 0 saturated heterocycles. The molecule has 1 aromatic carbocycles. The lowest BCUT2D eigenvalue weighted by molar-refractivity contribution is 0.333. The van der Waals surface area contributed by atoms with Crippen molar-refractivity contribution in [1.82, 2.24) is 0 Å². The zero-order chi connectivity index (χ0) is 10.6. The lowest BCUT2D eigenvalue weighted by Crippen LogP contribution is -2.03. The molecule has 76 valence electrons. The summed E-state index contributed by atoms with van der Waals surface area (Å²) in [5.74, 6) is 0.105. The molecule has 0 aliphatic heterocycles. The first kappa shape index (κ1) is 11.4. The lowest BCUT2D eigenvalue weighted by atomic mass is 10.3. The van der Waals surface area contributed by atoms with Crippen molar-refractivity contribution in [3.8, 4) is 5.75 Å². The van der Waals surface area contributed by atoms with E-state index in [9.17, 15) is 4.39 Å². The molecule has 0 atom stereocenters. The summed E-state index contributed by atoms with van der Waals surface area (Å²) in [5.41, 5.74) is 0.771. The number of hydrogen-bond acceptors (Lipinski definition) is 2. The molecular weight excluding hydrogens is 223 g/mol. The maximum Gasteiger partial charge on any atom is 0.173 e. The Labute approximate surface area is 92.9 Å². The molecule has 0 heterocycles. The van der Waals surface area contributed by atoms with E-state index in [1.807, 2.05) is 0 Å². The van der Waals surface area contributed by atoms with E-state index in [1.165, 1.54) is 12.1 Å². The van der Waals surface area contributed by atoms with Crippen molar-refractivity contribution in [3.63, 3.8) is 0 Å². The summed E-state index contributed by atoms with van der Waals surface area (Å²) in [6.45, 7) is 3.91. The third-order valence-electron chi connectivity index (χ3n) is 1.56. The highest BCUT2D eigenvalue weighted by molar-refractivity contribution is 7.80. The van der Waals surface area contributed by atoms with E-state index in [-0.39, 0.29) is 17.4 Å². The minimum atomic E-state index is -0.468. The summed E-state index contributed by atoms with van der Waals surface area (Å²) in [6.07, 6.45) is 0. The molecule has 0 aliphatic rings. The quantitative estimate of drug-likeness (QED) is 0.619. The van der Waals surface area contributed by atoms with E-state index in [2.05, 4.69) is 19.2 Å². The van der Waals surface area contributed by atoms with E-state index in [1.54, 1.807) is 6.07 Å². The molecule has 0 unspecified atom stereocenters. The van der Waals surface area contributed by atoms with Gasteiger partial charge in [0.2, 0.25) is 0 Å². The Balaban J connectivity index is 2.71. The van der Waals surface area contributed by atoms with E-state index in [0.29, 0.717) is 5.75 Å². The smallest absolute Gasteiger partial charge is 0.173 e. The van der Waals surface area contributed by atoms with Gasteiger partial charge in [0.25, 0.3) is 0 Å². The van der Waals surface area contributed by atoms with Gasteiger partial charge >= 0.3 is 0 Å². The molecule has 0 spiro atoms. The first-order valence-corrected chi connectivity index (χ1v) is 5.00. The van der Waals surface area contributed by atoms with Crippen LogP contribution in [0.3, 0.4) is 0 Å². The fraction of sp³-hybridized carbons (Fsp3) is 0.200. The van der Waals surface area contributed by atoms with Crippen molar-refractivity contribution >= 4 is 24.2 Å². The summed E-state index contributed by atoms with van der Waals surface area (Å²) in [7, 11) is 0. The van der Waals surface area contributed by atoms with Crippen LogP contribution in [0.5, 0.6) is 5.75 Å². The molecule has 1 aromatic rings. The van der Waals surface area contributed by atoms with Crippen molar-refractivity contribution in [3.05, 3.63) is 41.2 Å². The Bertz CT molecular complexity index is 321. The molecule has 1 nitrogen and oxygen atoms in total. The van der Waals surface area contributed by atoms with Gasteiger partial charge in [-0.2, -0.15) is 12.6 Å². The number of hydrogen-bond donors (Lipinski definition) is 1. The molecule has 0 N–H and O–H groups in total. The van der Waals surface area contributed by atoms with Crippen LogP contribution in [0.15, 0.2) is 30.4 Å².